The number of nitrogens with zero attached hydrogens (tertiary/aromatic N) is 1. The largest absolute Gasteiger partial charge is 0.357 e. The van der Waals surface area contributed by atoms with Gasteiger partial charge in [-0.3, -0.25) is 9.59 Å². The van der Waals surface area contributed by atoms with Crippen LogP contribution >= 0.6 is 23.4 Å². The summed E-state index contributed by atoms with van der Waals surface area (Å²) in [6.07, 6.45) is 0.708. The van der Waals surface area contributed by atoms with Crippen molar-refractivity contribution in [2.24, 2.45) is 0 Å². The Bertz CT molecular complexity index is 722. The molecule has 0 aromatic heterocycles. The molecule has 0 saturated heterocycles. The van der Waals surface area contributed by atoms with Crippen molar-refractivity contribution < 1.29 is 9.59 Å². The Morgan fingerprint density at radius 3 is 2.38 bits per heavy atom. The van der Waals surface area contributed by atoms with E-state index in [2.05, 4.69) is 5.32 Å². The van der Waals surface area contributed by atoms with Gasteiger partial charge in [0.05, 0.1) is 5.75 Å². The van der Waals surface area contributed by atoms with Crippen LogP contribution in [0.3, 0.4) is 0 Å². The number of hydrogen-bond donors (Lipinski definition) is 1. The van der Waals surface area contributed by atoms with E-state index in [1.807, 2.05) is 42.5 Å². The molecule has 0 spiro atoms. The maximum atomic E-state index is 12.8. The Kier molecular flexibility index (Phi) is 8.01. The van der Waals surface area contributed by atoms with Crippen molar-refractivity contribution in [3.63, 3.8) is 0 Å². The lowest BCUT2D eigenvalue weighted by Gasteiger charge is -2.28. The molecule has 0 fully saturated rings. The van der Waals surface area contributed by atoms with Crippen LogP contribution in [0.4, 0.5) is 0 Å². The van der Waals surface area contributed by atoms with Gasteiger partial charge in [0.2, 0.25) is 11.8 Å². The summed E-state index contributed by atoms with van der Waals surface area (Å²) in [5, 5.41) is 3.29. The number of halogens is 1. The van der Waals surface area contributed by atoms with Crippen LogP contribution < -0.4 is 5.32 Å². The Morgan fingerprint density at radius 1 is 1.12 bits per heavy atom. The Morgan fingerprint density at radius 2 is 1.77 bits per heavy atom. The van der Waals surface area contributed by atoms with E-state index < -0.39 is 6.04 Å². The van der Waals surface area contributed by atoms with E-state index in [9.17, 15) is 9.59 Å². The first-order valence-electron chi connectivity index (χ1n) is 8.44. The average molecular weight is 391 g/mol. The number of rotatable bonds is 8. The fourth-order valence-electron chi connectivity index (χ4n) is 2.54. The highest BCUT2D eigenvalue weighted by Crippen LogP contribution is 2.21. The van der Waals surface area contributed by atoms with E-state index in [1.165, 1.54) is 11.8 Å². The third-order valence-corrected chi connectivity index (χ3v) is 5.32. The maximum Gasteiger partial charge on any atom is 0.242 e. The first kappa shape index (κ1) is 20.3. The molecule has 0 heterocycles. The highest BCUT2D eigenvalue weighted by atomic mass is 35.5. The molecule has 0 unspecified atom stereocenters. The first-order chi connectivity index (χ1) is 12.5. The second-order valence-corrected chi connectivity index (χ2v) is 7.34. The summed E-state index contributed by atoms with van der Waals surface area (Å²) < 4.78 is 0. The van der Waals surface area contributed by atoms with Crippen molar-refractivity contribution in [3.8, 4) is 0 Å². The van der Waals surface area contributed by atoms with E-state index >= 15 is 0 Å². The Balaban J connectivity index is 2.02. The fourth-order valence-corrected chi connectivity index (χ4v) is 3.45. The average Bonchev–Trinajstić information content (AvgIpc) is 2.67. The number of carbonyl (C=O) groups is 2. The van der Waals surface area contributed by atoms with Crippen molar-refractivity contribution >= 4 is 35.2 Å². The van der Waals surface area contributed by atoms with Crippen LogP contribution in [0, 0.1) is 0 Å². The molecule has 1 atom stereocenters. The van der Waals surface area contributed by atoms with Gasteiger partial charge >= 0.3 is 0 Å². The number of benzene rings is 2. The number of carbonyl (C=O) groups excluding carboxylic acids is 2. The molecule has 2 aromatic rings. The van der Waals surface area contributed by atoms with Crippen LogP contribution in [-0.4, -0.2) is 42.1 Å². The molecule has 0 saturated carbocycles. The quantitative estimate of drug-likeness (QED) is 0.700. The lowest BCUT2D eigenvalue weighted by molar-refractivity contribution is -0.137. The van der Waals surface area contributed by atoms with Gasteiger partial charge in [-0.05, 0) is 43.2 Å². The highest BCUT2D eigenvalue weighted by Gasteiger charge is 2.24. The van der Waals surface area contributed by atoms with E-state index in [-0.39, 0.29) is 17.6 Å². The molecule has 2 rings (SSSR count). The Hall–Kier alpha value is -1.98. The zero-order chi connectivity index (χ0) is 18.9. The monoisotopic (exact) mass is 390 g/mol. The molecular formula is C20H23ClN2O2S. The predicted molar refractivity (Wildman–Crippen MR) is 108 cm³/mol. The summed E-state index contributed by atoms with van der Waals surface area (Å²) in [6.45, 7) is 2.26. The molecular weight excluding hydrogens is 368 g/mol. The number of hydrogen-bond acceptors (Lipinski definition) is 3. The van der Waals surface area contributed by atoms with Gasteiger partial charge in [-0.25, -0.2) is 0 Å². The van der Waals surface area contributed by atoms with E-state index in [0.29, 0.717) is 18.0 Å². The van der Waals surface area contributed by atoms with Gasteiger partial charge in [0, 0.05) is 23.5 Å². The third kappa shape index (κ3) is 6.07. The minimum atomic E-state index is -0.512. The molecule has 1 N–H and O–H groups in total. The molecule has 0 aliphatic carbocycles. The third-order valence-electron chi connectivity index (χ3n) is 4.07. The van der Waals surface area contributed by atoms with Crippen LogP contribution in [-0.2, 0) is 16.0 Å². The lowest BCUT2D eigenvalue weighted by Crippen LogP contribution is -2.48. The SMILES string of the molecule is CNC(=O)[C@@H](C)N(CCc1ccccc1)C(=O)CSc1ccc(Cl)cc1. The fraction of sp³-hybridized carbons (Fsp3) is 0.300. The summed E-state index contributed by atoms with van der Waals surface area (Å²) in [5.41, 5.74) is 1.14. The van der Waals surface area contributed by atoms with Gasteiger partial charge in [-0.2, -0.15) is 0 Å². The molecule has 0 bridgehead atoms. The van der Waals surface area contributed by atoms with Crippen molar-refractivity contribution in [3.05, 3.63) is 65.2 Å². The van der Waals surface area contributed by atoms with Crippen LogP contribution in [0.5, 0.6) is 0 Å². The van der Waals surface area contributed by atoms with E-state index in [0.717, 1.165) is 10.5 Å². The zero-order valence-corrected chi connectivity index (χ0v) is 16.5. The summed E-state index contributed by atoms with van der Waals surface area (Å²) in [7, 11) is 1.58. The molecule has 4 nitrogen and oxygen atoms in total. The van der Waals surface area contributed by atoms with Gasteiger partial charge < -0.3 is 10.2 Å². The summed E-state index contributed by atoms with van der Waals surface area (Å²) in [6, 6.07) is 16.8. The molecule has 2 amide bonds. The number of nitrogens with one attached hydrogen (secondary N) is 1. The van der Waals surface area contributed by atoms with Crippen LogP contribution in [0.25, 0.3) is 0 Å². The first-order valence-corrected chi connectivity index (χ1v) is 9.81. The normalized spacial score (nSPS) is 11.7. The molecule has 0 aliphatic rings. The van der Waals surface area contributed by atoms with Crippen molar-refractivity contribution in [1.29, 1.82) is 0 Å². The van der Waals surface area contributed by atoms with Gasteiger partial charge in [-0.1, -0.05) is 41.9 Å². The summed E-state index contributed by atoms with van der Waals surface area (Å²) in [5.74, 6) is 0.0532. The smallest absolute Gasteiger partial charge is 0.242 e. The molecule has 26 heavy (non-hydrogen) atoms. The van der Waals surface area contributed by atoms with E-state index in [1.54, 1.807) is 31.0 Å². The van der Waals surface area contributed by atoms with Crippen LogP contribution in [0.1, 0.15) is 12.5 Å². The summed E-state index contributed by atoms with van der Waals surface area (Å²) in [4.78, 5) is 27.4. The van der Waals surface area contributed by atoms with Gasteiger partial charge in [0.1, 0.15) is 6.04 Å². The van der Waals surface area contributed by atoms with Crippen LogP contribution in [0.15, 0.2) is 59.5 Å². The highest BCUT2D eigenvalue weighted by molar-refractivity contribution is 8.00. The minimum absolute atomic E-state index is 0.0584. The minimum Gasteiger partial charge on any atom is -0.357 e. The molecule has 0 aliphatic heterocycles. The Labute approximate surface area is 163 Å². The number of likely N-dealkylation sites (N-methyl/N-ethyl adjacent to an activating group) is 1. The van der Waals surface area contributed by atoms with Crippen molar-refractivity contribution in [2.75, 3.05) is 19.3 Å². The second-order valence-electron chi connectivity index (χ2n) is 5.86. The number of amides is 2. The predicted octanol–water partition coefficient (Wildman–Crippen LogP) is 3.64. The number of thioether (sulfide) groups is 1. The molecule has 138 valence electrons. The van der Waals surface area contributed by atoms with Crippen molar-refractivity contribution in [2.45, 2.75) is 24.3 Å². The molecule has 2 aromatic carbocycles. The molecule has 0 radical (unpaired) electrons. The topological polar surface area (TPSA) is 49.4 Å². The maximum absolute atomic E-state index is 12.8. The van der Waals surface area contributed by atoms with Crippen molar-refractivity contribution in [1.82, 2.24) is 10.2 Å². The van der Waals surface area contributed by atoms with Gasteiger partial charge in [0.25, 0.3) is 0 Å². The molecule has 6 heteroatoms. The lowest BCUT2D eigenvalue weighted by atomic mass is 10.1. The van der Waals surface area contributed by atoms with Gasteiger partial charge in [-0.15, -0.1) is 11.8 Å². The summed E-state index contributed by atoms with van der Waals surface area (Å²) >= 11 is 7.33. The standard InChI is InChI=1S/C20H23ClN2O2S/c1-15(20(25)22-2)23(13-12-16-6-4-3-5-7-16)19(24)14-26-18-10-8-17(21)9-11-18/h3-11,15H,12-14H2,1-2H3,(H,22,25)/t15-/m1/s1. The van der Waals surface area contributed by atoms with Crippen LogP contribution in [0.2, 0.25) is 5.02 Å². The van der Waals surface area contributed by atoms with Gasteiger partial charge in [0.15, 0.2) is 0 Å². The van der Waals surface area contributed by atoms with E-state index in [4.69, 9.17) is 11.6 Å². The zero-order valence-electron chi connectivity index (χ0n) is 14.9. The second kappa shape index (κ2) is 10.2.